The highest BCUT2D eigenvalue weighted by Crippen LogP contribution is 2.29. The minimum atomic E-state index is -3.75. The summed E-state index contributed by atoms with van der Waals surface area (Å²) in [6.45, 7) is 2.52. The number of nitrogens with one attached hydrogen (secondary N) is 1. The van der Waals surface area contributed by atoms with E-state index in [0.29, 0.717) is 31.7 Å². The molecule has 3 rings (SSSR count). The molecule has 7 heteroatoms. The van der Waals surface area contributed by atoms with Gasteiger partial charge in [-0.15, -0.1) is 0 Å². The van der Waals surface area contributed by atoms with Gasteiger partial charge < -0.3 is 10.1 Å². The zero-order valence-corrected chi connectivity index (χ0v) is 16.3. The molecule has 1 aliphatic heterocycles. The zero-order valence-electron chi connectivity index (χ0n) is 15.5. The van der Waals surface area contributed by atoms with Crippen LogP contribution in [0.15, 0.2) is 53.4 Å². The van der Waals surface area contributed by atoms with Gasteiger partial charge in [0.1, 0.15) is 11.8 Å². The van der Waals surface area contributed by atoms with E-state index in [1.807, 2.05) is 30.3 Å². The van der Waals surface area contributed by atoms with Crippen LogP contribution in [0.2, 0.25) is 0 Å². The number of benzene rings is 2. The van der Waals surface area contributed by atoms with Crippen molar-refractivity contribution in [3.63, 3.8) is 0 Å². The number of methoxy groups -OCH3 is 1. The van der Waals surface area contributed by atoms with Crippen LogP contribution in [0, 0.1) is 6.92 Å². The topological polar surface area (TPSA) is 75.7 Å². The van der Waals surface area contributed by atoms with E-state index >= 15 is 0 Å². The van der Waals surface area contributed by atoms with Crippen LogP contribution in [0.25, 0.3) is 0 Å². The molecule has 0 saturated carbocycles. The Morgan fingerprint density at radius 3 is 2.63 bits per heavy atom. The summed E-state index contributed by atoms with van der Waals surface area (Å²) in [6, 6.07) is 13.6. The third kappa shape index (κ3) is 4.14. The van der Waals surface area contributed by atoms with Gasteiger partial charge >= 0.3 is 0 Å². The summed E-state index contributed by atoms with van der Waals surface area (Å²) in [5, 5.41) is 2.86. The Kier molecular flexibility index (Phi) is 5.82. The first-order chi connectivity index (χ1) is 12.9. The Morgan fingerprint density at radius 1 is 1.22 bits per heavy atom. The molecular weight excluding hydrogens is 364 g/mol. The highest BCUT2D eigenvalue weighted by molar-refractivity contribution is 7.89. The number of aryl methyl sites for hydroxylation is 1. The van der Waals surface area contributed by atoms with Crippen molar-refractivity contribution in [2.75, 3.05) is 13.7 Å². The van der Waals surface area contributed by atoms with Crippen molar-refractivity contribution in [1.82, 2.24) is 9.62 Å². The Labute approximate surface area is 160 Å². The van der Waals surface area contributed by atoms with E-state index in [1.165, 1.54) is 10.4 Å². The molecule has 0 radical (unpaired) electrons. The van der Waals surface area contributed by atoms with Crippen LogP contribution in [-0.4, -0.2) is 38.3 Å². The Bertz CT molecular complexity index is 913. The van der Waals surface area contributed by atoms with Crippen LogP contribution in [-0.2, 0) is 21.4 Å². The summed E-state index contributed by atoms with van der Waals surface area (Å²) < 4.78 is 32.7. The lowest BCUT2D eigenvalue weighted by Crippen LogP contribution is -2.45. The molecule has 0 unspecified atom stereocenters. The minimum absolute atomic E-state index is 0.184. The number of carbonyl (C=O) groups is 1. The number of amides is 1. The van der Waals surface area contributed by atoms with Crippen LogP contribution < -0.4 is 10.1 Å². The SMILES string of the molecule is COc1ccc(S(=O)(=O)N2CCC[C@@H]2C(=O)NCc2ccccc2)cc1C. The first kappa shape index (κ1) is 19.4. The van der Waals surface area contributed by atoms with Crippen LogP contribution in [0.3, 0.4) is 0 Å². The predicted octanol–water partition coefficient (Wildman–Crippen LogP) is 2.47. The van der Waals surface area contributed by atoms with Gasteiger partial charge in [0.15, 0.2) is 0 Å². The Hall–Kier alpha value is -2.38. The zero-order chi connectivity index (χ0) is 19.4. The third-order valence-corrected chi connectivity index (χ3v) is 6.69. The van der Waals surface area contributed by atoms with Gasteiger partial charge in [-0.1, -0.05) is 30.3 Å². The molecule has 0 aliphatic carbocycles. The van der Waals surface area contributed by atoms with Crippen molar-refractivity contribution < 1.29 is 17.9 Å². The van der Waals surface area contributed by atoms with E-state index in [-0.39, 0.29) is 10.8 Å². The van der Waals surface area contributed by atoms with Crippen molar-refractivity contribution in [1.29, 1.82) is 0 Å². The molecule has 1 atom stereocenters. The fraction of sp³-hybridized carbons (Fsp3) is 0.350. The van der Waals surface area contributed by atoms with Crippen molar-refractivity contribution in [3.05, 3.63) is 59.7 Å². The van der Waals surface area contributed by atoms with Gasteiger partial charge in [0, 0.05) is 13.1 Å². The van der Waals surface area contributed by atoms with E-state index in [2.05, 4.69) is 5.32 Å². The molecule has 1 saturated heterocycles. The normalized spacial score (nSPS) is 17.6. The first-order valence-corrected chi connectivity index (χ1v) is 10.4. The average Bonchev–Trinajstić information content (AvgIpc) is 3.17. The first-order valence-electron chi connectivity index (χ1n) is 8.91. The lowest BCUT2D eigenvalue weighted by molar-refractivity contribution is -0.124. The van der Waals surface area contributed by atoms with Crippen LogP contribution in [0.4, 0.5) is 0 Å². The lowest BCUT2D eigenvalue weighted by atomic mass is 10.2. The molecule has 6 nitrogen and oxygen atoms in total. The molecule has 1 aliphatic rings. The molecule has 1 amide bonds. The standard InChI is InChI=1S/C20H24N2O4S/c1-15-13-17(10-11-19(15)26-2)27(24,25)22-12-6-9-18(22)20(23)21-14-16-7-4-3-5-8-16/h3-5,7-8,10-11,13,18H,6,9,12,14H2,1-2H3,(H,21,23)/t18-/m1/s1. The number of rotatable bonds is 6. The van der Waals surface area contributed by atoms with Crippen LogP contribution >= 0.6 is 0 Å². The second kappa shape index (κ2) is 8.10. The third-order valence-electron chi connectivity index (χ3n) is 4.79. The number of ether oxygens (including phenoxy) is 1. The molecule has 1 N–H and O–H groups in total. The van der Waals surface area contributed by atoms with Gasteiger partial charge in [-0.3, -0.25) is 4.79 Å². The van der Waals surface area contributed by atoms with Gasteiger partial charge in [-0.2, -0.15) is 4.31 Å². The number of nitrogens with zero attached hydrogens (tertiary/aromatic N) is 1. The summed E-state index contributed by atoms with van der Waals surface area (Å²) in [6.07, 6.45) is 1.19. The second-order valence-corrected chi connectivity index (χ2v) is 8.50. The quantitative estimate of drug-likeness (QED) is 0.825. The molecule has 0 aromatic heterocycles. The molecule has 27 heavy (non-hydrogen) atoms. The molecule has 1 heterocycles. The second-order valence-electron chi connectivity index (χ2n) is 6.61. The predicted molar refractivity (Wildman–Crippen MR) is 103 cm³/mol. The maximum absolute atomic E-state index is 13.1. The van der Waals surface area contributed by atoms with E-state index in [9.17, 15) is 13.2 Å². The van der Waals surface area contributed by atoms with E-state index < -0.39 is 16.1 Å². The lowest BCUT2D eigenvalue weighted by Gasteiger charge is -2.24. The summed E-state index contributed by atoms with van der Waals surface area (Å²) in [4.78, 5) is 12.8. The van der Waals surface area contributed by atoms with Crippen molar-refractivity contribution in [2.45, 2.75) is 37.2 Å². The monoisotopic (exact) mass is 388 g/mol. The molecule has 2 aromatic carbocycles. The van der Waals surface area contributed by atoms with Gasteiger partial charge in [-0.25, -0.2) is 8.42 Å². The largest absolute Gasteiger partial charge is 0.496 e. The highest BCUT2D eigenvalue weighted by atomic mass is 32.2. The minimum Gasteiger partial charge on any atom is -0.496 e. The molecule has 1 fully saturated rings. The molecule has 0 bridgehead atoms. The maximum Gasteiger partial charge on any atom is 0.243 e. The average molecular weight is 388 g/mol. The summed E-state index contributed by atoms with van der Waals surface area (Å²) in [7, 11) is -2.20. The van der Waals surface area contributed by atoms with Gasteiger partial charge in [-0.05, 0) is 49.1 Å². The smallest absolute Gasteiger partial charge is 0.243 e. The fourth-order valence-corrected chi connectivity index (χ4v) is 5.08. The summed E-state index contributed by atoms with van der Waals surface area (Å²) in [5.74, 6) is 0.373. The number of sulfonamides is 1. The van der Waals surface area contributed by atoms with E-state index in [0.717, 1.165) is 11.1 Å². The molecular formula is C20H24N2O4S. The van der Waals surface area contributed by atoms with Crippen molar-refractivity contribution >= 4 is 15.9 Å². The number of hydrogen-bond acceptors (Lipinski definition) is 4. The van der Waals surface area contributed by atoms with Crippen molar-refractivity contribution in [3.8, 4) is 5.75 Å². The molecule has 0 spiro atoms. The Balaban J connectivity index is 1.76. The maximum atomic E-state index is 13.1. The molecule has 144 valence electrons. The Morgan fingerprint density at radius 2 is 1.96 bits per heavy atom. The van der Waals surface area contributed by atoms with E-state index in [1.54, 1.807) is 26.2 Å². The van der Waals surface area contributed by atoms with Gasteiger partial charge in [0.05, 0.1) is 12.0 Å². The van der Waals surface area contributed by atoms with Crippen LogP contribution in [0.5, 0.6) is 5.75 Å². The van der Waals surface area contributed by atoms with Gasteiger partial charge in [0.25, 0.3) is 0 Å². The van der Waals surface area contributed by atoms with Crippen LogP contribution in [0.1, 0.15) is 24.0 Å². The van der Waals surface area contributed by atoms with Gasteiger partial charge in [0.2, 0.25) is 15.9 Å². The highest BCUT2D eigenvalue weighted by Gasteiger charge is 2.39. The van der Waals surface area contributed by atoms with E-state index in [4.69, 9.17) is 4.74 Å². The van der Waals surface area contributed by atoms with Crippen molar-refractivity contribution in [2.24, 2.45) is 0 Å². The summed E-state index contributed by atoms with van der Waals surface area (Å²) >= 11 is 0. The fourth-order valence-electron chi connectivity index (χ4n) is 3.34. The number of hydrogen-bond donors (Lipinski definition) is 1. The summed E-state index contributed by atoms with van der Waals surface area (Å²) in [5.41, 5.74) is 1.71. The molecule has 2 aromatic rings. The number of carbonyl (C=O) groups excluding carboxylic acids is 1.